The van der Waals surface area contributed by atoms with Gasteiger partial charge < -0.3 is 21.2 Å². The van der Waals surface area contributed by atoms with Crippen molar-refractivity contribution in [2.75, 3.05) is 5.32 Å². The van der Waals surface area contributed by atoms with Crippen LogP contribution in [0.1, 0.15) is 53.7 Å². The summed E-state index contributed by atoms with van der Waals surface area (Å²) in [4.78, 5) is 36.3. The highest BCUT2D eigenvalue weighted by Crippen LogP contribution is 2.44. The van der Waals surface area contributed by atoms with E-state index in [0.29, 0.717) is 22.2 Å². The standard InChI is InChI=1S/C19H24BrN5O4S/c1-9-15(20)17(25(28)29)23-24(9)8-13(26)22-18-14(16(21)27)11-6-5-10(19(2,3)4)7-12(11)30-18/h10H,5-8H2,1-4H3,(H2,21,27)(H,22,26). The highest BCUT2D eigenvalue weighted by Gasteiger charge is 2.34. The number of nitrogens with two attached hydrogens (primary N) is 1. The molecule has 2 aromatic heterocycles. The van der Waals surface area contributed by atoms with Crippen LogP contribution in [0.25, 0.3) is 0 Å². The maximum Gasteiger partial charge on any atom is 0.404 e. The molecule has 1 aliphatic carbocycles. The molecule has 0 fully saturated rings. The third-order valence-corrected chi connectivity index (χ3v) is 7.67. The van der Waals surface area contributed by atoms with Crippen molar-refractivity contribution in [2.45, 2.75) is 53.5 Å². The smallest absolute Gasteiger partial charge is 0.365 e. The van der Waals surface area contributed by atoms with E-state index in [0.717, 1.165) is 29.7 Å². The number of nitrogens with one attached hydrogen (secondary N) is 1. The van der Waals surface area contributed by atoms with Crippen molar-refractivity contribution in [3.8, 4) is 0 Å². The van der Waals surface area contributed by atoms with Gasteiger partial charge in [0, 0.05) is 4.88 Å². The number of fused-ring (bicyclic) bond motifs is 1. The summed E-state index contributed by atoms with van der Waals surface area (Å²) < 4.78 is 1.49. The van der Waals surface area contributed by atoms with E-state index in [1.807, 2.05) is 0 Å². The highest BCUT2D eigenvalue weighted by molar-refractivity contribution is 9.10. The summed E-state index contributed by atoms with van der Waals surface area (Å²) in [5, 5.41) is 18.1. The summed E-state index contributed by atoms with van der Waals surface area (Å²) in [6, 6.07) is 0. The third kappa shape index (κ3) is 4.27. The molecule has 0 bridgehead atoms. The molecule has 9 nitrogen and oxygen atoms in total. The van der Waals surface area contributed by atoms with Crippen LogP contribution in [0.15, 0.2) is 4.47 Å². The van der Waals surface area contributed by atoms with Gasteiger partial charge in [-0.15, -0.1) is 11.3 Å². The van der Waals surface area contributed by atoms with Crippen LogP contribution in [0.4, 0.5) is 10.8 Å². The number of amides is 2. The van der Waals surface area contributed by atoms with Crippen LogP contribution in [0, 0.1) is 28.4 Å². The Balaban J connectivity index is 1.84. The Morgan fingerprint density at radius 2 is 2.10 bits per heavy atom. The molecule has 2 aromatic rings. The molecular weight excluding hydrogens is 474 g/mol. The number of primary amides is 1. The average molecular weight is 498 g/mol. The lowest BCUT2D eigenvalue weighted by Gasteiger charge is -2.33. The fraction of sp³-hybridized carbons (Fsp3) is 0.526. The molecule has 0 saturated carbocycles. The number of nitro groups is 1. The molecular formula is C19H24BrN5O4S. The molecule has 1 aliphatic rings. The van der Waals surface area contributed by atoms with E-state index >= 15 is 0 Å². The summed E-state index contributed by atoms with van der Waals surface area (Å²) in [5.41, 5.74) is 7.55. The minimum atomic E-state index is -0.615. The minimum absolute atomic E-state index is 0.150. The largest absolute Gasteiger partial charge is 0.404 e. The summed E-state index contributed by atoms with van der Waals surface area (Å²) in [5.74, 6) is -0.863. The van der Waals surface area contributed by atoms with Crippen molar-refractivity contribution >= 4 is 49.9 Å². The van der Waals surface area contributed by atoms with E-state index in [9.17, 15) is 19.7 Å². The van der Waals surface area contributed by atoms with Crippen molar-refractivity contribution in [2.24, 2.45) is 17.1 Å². The van der Waals surface area contributed by atoms with Crippen LogP contribution < -0.4 is 11.1 Å². The Hall–Kier alpha value is -2.27. The van der Waals surface area contributed by atoms with Gasteiger partial charge in [0.05, 0.1) is 16.4 Å². The fourth-order valence-corrected chi connectivity index (χ4v) is 5.53. The zero-order chi connectivity index (χ0) is 22.4. The van der Waals surface area contributed by atoms with Gasteiger partial charge >= 0.3 is 5.82 Å². The zero-order valence-electron chi connectivity index (χ0n) is 17.2. The summed E-state index contributed by atoms with van der Waals surface area (Å²) in [6.45, 7) is 8.03. The third-order valence-electron chi connectivity index (χ3n) is 5.57. The molecule has 162 valence electrons. The van der Waals surface area contributed by atoms with Gasteiger partial charge in [0.1, 0.15) is 16.0 Å². The first-order chi connectivity index (χ1) is 13.9. The lowest BCUT2D eigenvalue weighted by Crippen LogP contribution is -2.27. The van der Waals surface area contributed by atoms with Crippen LogP contribution in [0.3, 0.4) is 0 Å². The van der Waals surface area contributed by atoms with Gasteiger partial charge in [-0.3, -0.25) is 9.59 Å². The van der Waals surface area contributed by atoms with Crippen LogP contribution in [-0.2, 0) is 24.2 Å². The summed E-state index contributed by atoms with van der Waals surface area (Å²) in [6.07, 6.45) is 2.56. The number of hydrogen-bond donors (Lipinski definition) is 2. The molecule has 3 rings (SSSR count). The van der Waals surface area contributed by atoms with Crippen LogP contribution in [0.5, 0.6) is 0 Å². The Morgan fingerprint density at radius 1 is 1.43 bits per heavy atom. The first kappa shape index (κ1) is 22.4. The van der Waals surface area contributed by atoms with Gasteiger partial charge in [-0.05, 0) is 63.9 Å². The van der Waals surface area contributed by atoms with Gasteiger partial charge in [0.15, 0.2) is 0 Å². The number of carbonyl (C=O) groups excluding carboxylic acids is 2. The van der Waals surface area contributed by atoms with Gasteiger partial charge in [0.2, 0.25) is 5.91 Å². The van der Waals surface area contributed by atoms with E-state index in [1.165, 1.54) is 16.0 Å². The number of aromatic nitrogens is 2. The molecule has 0 saturated heterocycles. The van der Waals surface area contributed by atoms with E-state index in [4.69, 9.17) is 5.73 Å². The van der Waals surface area contributed by atoms with E-state index < -0.39 is 16.7 Å². The number of halogens is 1. The second-order valence-corrected chi connectivity index (χ2v) is 10.5. The molecule has 3 N–H and O–H groups in total. The quantitative estimate of drug-likeness (QED) is 0.478. The molecule has 1 atom stereocenters. The van der Waals surface area contributed by atoms with Crippen LogP contribution in [-0.4, -0.2) is 26.5 Å². The molecule has 30 heavy (non-hydrogen) atoms. The summed E-state index contributed by atoms with van der Waals surface area (Å²) in [7, 11) is 0. The molecule has 2 heterocycles. The normalized spacial score (nSPS) is 16.2. The SMILES string of the molecule is Cc1c(Br)c([N+](=O)[O-])nn1CC(=O)Nc1sc2c(c1C(N)=O)CCC(C(C)(C)C)C2. The number of nitrogens with zero attached hydrogens (tertiary/aromatic N) is 3. The maximum absolute atomic E-state index is 12.6. The van der Waals surface area contributed by atoms with Crippen molar-refractivity contribution in [1.29, 1.82) is 0 Å². The first-order valence-corrected chi connectivity index (χ1v) is 11.1. The highest BCUT2D eigenvalue weighted by atomic mass is 79.9. The summed E-state index contributed by atoms with van der Waals surface area (Å²) >= 11 is 4.52. The van der Waals surface area contributed by atoms with Crippen molar-refractivity contribution in [3.05, 3.63) is 36.3 Å². The topological polar surface area (TPSA) is 133 Å². The molecule has 0 spiro atoms. The minimum Gasteiger partial charge on any atom is -0.365 e. The Morgan fingerprint density at radius 3 is 2.63 bits per heavy atom. The number of carbonyl (C=O) groups is 2. The second-order valence-electron chi connectivity index (χ2n) is 8.56. The Bertz CT molecular complexity index is 1040. The first-order valence-electron chi connectivity index (χ1n) is 9.51. The van der Waals surface area contributed by atoms with Crippen molar-refractivity contribution < 1.29 is 14.5 Å². The van der Waals surface area contributed by atoms with Crippen LogP contribution in [0.2, 0.25) is 0 Å². The second kappa shape index (κ2) is 8.10. The molecule has 1 unspecified atom stereocenters. The lowest BCUT2D eigenvalue weighted by atomic mass is 9.72. The Labute approximate surface area is 186 Å². The zero-order valence-corrected chi connectivity index (χ0v) is 19.6. The van der Waals surface area contributed by atoms with E-state index in [-0.39, 0.29) is 22.3 Å². The number of anilines is 1. The van der Waals surface area contributed by atoms with Gasteiger partial charge in [-0.2, -0.15) is 4.68 Å². The van der Waals surface area contributed by atoms with Gasteiger partial charge in [-0.25, -0.2) is 0 Å². The number of hydrogen-bond acceptors (Lipinski definition) is 6. The van der Waals surface area contributed by atoms with Crippen molar-refractivity contribution in [3.63, 3.8) is 0 Å². The molecule has 11 heteroatoms. The van der Waals surface area contributed by atoms with E-state index in [2.05, 4.69) is 47.1 Å². The van der Waals surface area contributed by atoms with Gasteiger partial charge in [0.25, 0.3) is 5.91 Å². The lowest BCUT2D eigenvalue weighted by molar-refractivity contribution is -0.390. The molecule has 2 amide bonds. The van der Waals surface area contributed by atoms with Crippen LogP contribution >= 0.6 is 27.3 Å². The average Bonchev–Trinajstić information content (AvgIpc) is 3.12. The fourth-order valence-electron chi connectivity index (χ4n) is 3.75. The van der Waals surface area contributed by atoms with Gasteiger partial charge in [-0.1, -0.05) is 20.8 Å². The predicted molar refractivity (Wildman–Crippen MR) is 118 cm³/mol. The molecule has 0 aliphatic heterocycles. The Kier molecular flexibility index (Phi) is 6.06. The predicted octanol–water partition coefficient (Wildman–Crippen LogP) is 3.81. The van der Waals surface area contributed by atoms with E-state index in [1.54, 1.807) is 6.92 Å². The maximum atomic E-state index is 12.6. The van der Waals surface area contributed by atoms with Crippen molar-refractivity contribution in [1.82, 2.24) is 9.78 Å². The number of rotatable bonds is 5. The molecule has 0 radical (unpaired) electrons. The molecule has 0 aromatic carbocycles. The monoisotopic (exact) mass is 497 g/mol. The number of thiophene rings is 1.